The van der Waals surface area contributed by atoms with Gasteiger partial charge in [0.2, 0.25) is 0 Å². The zero-order chi connectivity index (χ0) is 61.2. The number of allylic oxidation sites excluding steroid dienone is 4. The molecular weight excluding hydrogens is 1040 g/mol. The molecule has 0 aromatic heterocycles. The van der Waals surface area contributed by atoms with Gasteiger partial charge in [-0.15, -0.1) is 0 Å². The summed E-state index contributed by atoms with van der Waals surface area (Å²) in [6.07, 6.45) is 95.1. The molecule has 0 unspecified atom stereocenters. The maximum absolute atomic E-state index is 5.58. The second kappa shape index (κ2) is 65.2. The summed E-state index contributed by atoms with van der Waals surface area (Å²) in [6.45, 7) is 9.25. The first-order chi connectivity index (χ1) is 42.7. The molecule has 0 fully saturated rings. The predicted molar refractivity (Wildman–Crippen MR) is 392 cm³/mol. The topological polar surface area (TPSA) is 24.7 Å². The molecule has 2 aromatic rings. The normalized spacial score (nSPS) is 12.3. The van der Waals surface area contributed by atoms with Crippen LogP contribution in [0.25, 0.3) is 0 Å². The third-order valence-electron chi connectivity index (χ3n) is 18.8. The Kier molecular flexibility index (Phi) is 60.2. The van der Waals surface area contributed by atoms with E-state index in [0.717, 1.165) is 56.3 Å². The Morgan fingerprint density at radius 3 is 0.709 bits per heavy atom. The van der Waals surface area contributed by atoms with Crippen LogP contribution in [0.1, 0.15) is 424 Å². The van der Waals surface area contributed by atoms with Gasteiger partial charge in [0, 0.05) is 0 Å². The minimum Gasteiger partial charge on any atom is -0.251 e. The van der Waals surface area contributed by atoms with Gasteiger partial charge in [-0.05, 0) is 113 Å². The van der Waals surface area contributed by atoms with Gasteiger partial charge in [-0.2, -0.15) is 0 Å². The summed E-state index contributed by atoms with van der Waals surface area (Å²) < 4.78 is 0. The number of para-hydroxylation sites is 2. The summed E-state index contributed by atoms with van der Waals surface area (Å²) in [7, 11) is 0. The van der Waals surface area contributed by atoms with Crippen LogP contribution in [0.15, 0.2) is 82.8 Å². The molecule has 0 aliphatic rings. The highest BCUT2D eigenvalue weighted by molar-refractivity contribution is 6.43. The minimum absolute atomic E-state index is 0.992. The van der Waals surface area contributed by atoms with Crippen molar-refractivity contribution in [3.05, 3.63) is 84.0 Å². The Hall–Kier alpha value is -2.74. The average molecular weight is 1190 g/mol. The highest BCUT2D eigenvalue weighted by Crippen LogP contribution is 2.27. The van der Waals surface area contributed by atoms with Gasteiger partial charge >= 0.3 is 0 Å². The fourth-order valence-corrected chi connectivity index (χ4v) is 12.9. The van der Waals surface area contributed by atoms with Crippen LogP contribution < -0.4 is 0 Å². The molecule has 0 radical (unpaired) electrons. The van der Waals surface area contributed by atoms with Gasteiger partial charge in [-0.3, -0.25) is 9.98 Å². The van der Waals surface area contributed by atoms with E-state index in [9.17, 15) is 0 Å². The second-order valence-electron chi connectivity index (χ2n) is 27.1. The van der Waals surface area contributed by atoms with Gasteiger partial charge < -0.3 is 0 Å². The van der Waals surface area contributed by atoms with Crippen molar-refractivity contribution in [1.29, 1.82) is 0 Å². The fourth-order valence-electron chi connectivity index (χ4n) is 12.9. The Labute approximate surface area is 539 Å². The summed E-state index contributed by atoms with van der Waals surface area (Å²) in [5.74, 6) is 0. The number of unbranched alkanes of at least 4 members (excludes halogenated alkanes) is 52. The van der Waals surface area contributed by atoms with E-state index in [1.807, 2.05) is 0 Å². The van der Waals surface area contributed by atoms with Gasteiger partial charge in [-0.1, -0.05) is 397 Å². The van der Waals surface area contributed by atoms with Gasteiger partial charge in [0.25, 0.3) is 0 Å². The number of aryl methyl sites for hydroxylation is 2. The van der Waals surface area contributed by atoms with Gasteiger partial charge in [0.1, 0.15) is 0 Å². The minimum atomic E-state index is 0.992. The molecule has 494 valence electrons. The first-order valence-electron chi connectivity index (χ1n) is 39.3. The Morgan fingerprint density at radius 2 is 0.442 bits per heavy atom. The lowest BCUT2D eigenvalue weighted by Crippen LogP contribution is -2.15. The number of rotatable bonds is 67. The molecule has 0 atom stereocenters. The SMILES string of the molecule is CCCCCCCCCCCCCCCCCCCCCCCCC/C=C/CCCc1ccccc1N=C(CCCC)C(CCCCCC)=Nc1ccccc1CCC/C=C/CCCCCCCCCCCCCCCCCCCCCCCCC. The van der Waals surface area contributed by atoms with Crippen LogP contribution in [0.2, 0.25) is 0 Å². The fraction of sp³-hybridized carbons (Fsp3) is 0.786. The van der Waals surface area contributed by atoms with E-state index in [2.05, 4.69) is 101 Å². The molecule has 2 rings (SSSR count). The maximum Gasteiger partial charge on any atom is 0.0665 e. The summed E-state index contributed by atoms with van der Waals surface area (Å²) in [5, 5.41) is 0. The molecular formula is C84H148N2. The van der Waals surface area contributed by atoms with Crippen molar-refractivity contribution in [2.75, 3.05) is 0 Å². The van der Waals surface area contributed by atoms with E-state index >= 15 is 0 Å². The van der Waals surface area contributed by atoms with E-state index in [4.69, 9.17) is 9.98 Å². The van der Waals surface area contributed by atoms with E-state index in [1.54, 1.807) is 0 Å². The Balaban J connectivity index is 1.65. The van der Waals surface area contributed by atoms with Crippen LogP contribution in [0, 0.1) is 0 Å². The number of benzene rings is 2. The van der Waals surface area contributed by atoms with Gasteiger partial charge in [-0.25, -0.2) is 0 Å². The summed E-state index contributed by atoms with van der Waals surface area (Å²) >= 11 is 0. The Bertz CT molecular complexity index is 1810. The molecule has 0 aliphatic carbocycles. The molecule has 0 heterocycles. The van der Waals surface area contributed by atoms with Crippen molar-refractivity contribution in [3.8, 4) is 0 Å². The monoisotopic (exact) mass is 1190 g/mol. The lowest BCUT2D eigenvalue weighted by Gasteiger charge is -2.14. The highest BCUT2D eigenvalue weighted by Gasteiger charge is 2.14. The molecule has 2 aromatic carbocycles. The smallest absolute Gasteiger partial charge is 0.0665 e. The van der Waals surface area contributed by atoms with Crippen LogP contribution in [0.3, 0.4) is 0 Å². The van der Waals surface area contributed by atoms with Crippen molar-refractivity contribution >= 4 is 22.8 Å². The molecule has 0 saturated carbocycles. The zero-order valence-corrected chi connectivity index (χ0v) is 58.7. The summed E-state index contributed by atoms with van der Waals surface area (Å²) in [5.41, 5.74) is 7.53. The number of aliphatic imine (C=N–C) groups is 2. The summed E-state index contributed by atoms with van der Waals surface area (Å²) in [4.78, 5) is 11.1. The molecule has 0 amide bonds. The first-order valence-corrected chi connectivity index (χ1v) is 39.3. The van der Waals surface area contributed by atoms with E-state index in [-0.39, 0.29) is 0 Å². The lowest BCUT2D eigenvalue weighted by molar-refractivity contribution is 0.518. The van der Waals surface area contributed by atoms with Gasteiger partial charge in [0.15, 0.2) is 0 Å². The van der Waals surface area contributed by atoms with E-state index in [0.29, 0.717) is 0 Å². The van der Waals surface area contributed by atoms with Crippen LogP contribution in [0.4, 0.5) is 11.4 Å². The Morgan fingerprint density at radius 1 is 0.233 bits per heavy atom. The van der Waals surface area contributed by atoms with Crippen LogP contribution in [-0.2, 0) is 12.8 Å². The third-order valence-corrected chi connectivity index (χ3v) is 18.8. The number of hydrogen-bond acceptors (Lipinski definition) is 2. The van der Waals surface area contributed by atoms with Crippen molar-refractivity contribution in [2.45, 2.75) is 426 Å². The molecule has 86 heavy (non-hydrogen) atoms. The zero-order valence-electron chi connectivity index (χ0n) is 58.7. The standard InChI is InChI=1S/C84H148N2/c1-5-9-13-16-18-20-22-24-26-28-30-32-34-36-38-40-42-44-46-48-50-52-54-56-58-60-62-64-71-79-73-67-69-76-81(79)85-83(75-12-8-4)84(78-66-15-11-7-3)86-82-77-70-68-74-80(82)72-65-63-61-59-57-55-53-51-49-47-45-43-41-39-37-35-33-31-29-27-25-23-21-19-17-14-10-6-2/h58-61,67-70,73-74,76-77H,5-57,62-66,71-72,75,78H2,1-4H3/b60-58+,61-59+,85-83?,86-84?. The quantitative estimate of drug-likeness (QED) is 0.0358. The van der Waals surface area contributed by atoms with Crippen LogP contribution >= 0.6 is 0 Å². The van der Waals surface area contributed by atoms with Crippen molar-refractivity contribution < 1.29 is 0 Å². The van der Waals surface area contributed by atoms with E-state index in [1.165, 1.54) is 376 Å². The number of hydrogen-bond donors (Lipinski definition) is 0. The third kappa shape index (κ3) is 51.1. The highest BCUT2D eigenvalue weighted by atomic mass is 14.8. The lowest BCUT2D eigenvalue weighted by atomic mass is 10.0. The first kappa shape index (κ1) is 79.4. The molecule has 2 heteroatoms. The molecule has 0 saturated heterocycles. The average Bonchev–Trinajstić information content (AvgIpc) is 3.73. The molecule has 0 spiro atoms. The molecule has 0 bridgehead atoms. The largest absolute Gasteiger partial charge is 0.251 e. The molecule has 2 nitrogen and oxygen atoms in total. The van der Waals surface area contributed by atoms with Crippen LogP contribution in [-0.4, -0.2) is 11.4 Å². The summed E-state index contributed by atoms with van der Waals surface area (Å²) in [6, 6.07) is 18.0. The predicted octanol–water partition coefficient (Wildman–Crippen LogP) is 30.2. The van der Waals surface area contributed by atoms with E-state index < -0.39 is 0 Å². The van der Waals surface area contributed by atoms with Crippen molar-refractivity contribution in [1.82, 2.24) is 0 Å². The van der Waals surface area contributed by atoms with Gasteiger partial charge in [0.05, 0.1) is 22.8 Å². The van der Waals surface area contributed by atoms with Crippen molar-refractivity contribution in [2.24, 2.45) is 9.98 Å². The maximum atomic E-state index is 5.58. The second-order valence-corrected chi connectivity index (χ2v) is 27.1. The van der Waals surface area contributed by atoms with Crippen LogP contribution in [0.5, 0.6) is 0 Å². The molecule has 0 aliphatic heterocycles. The van der Waals surface area contributed by atoms with Crippen molar-refractivity contribution in [3.63, 3.8) is 0 Å². The molecule has 0 N–H and O–H groups in total. The number of nitrogens with zero attached hydrogens (tertiary/aromatic N) is 2.